The van der Waals surface area contributed by atoms with Crippen LogP contribution in [0.1, 0.15) is 52.4 Å². The Labute approximate surface area is 92.6 Å². The number of esters is 1. The quantitative estimate of drug-likeness (QED) is 0.577. The predicted molar refractivity (Wildman–Crippen MR) is 60.7 cm³/mol. The summed E-state index contributed by atoms with van der Waals surface area (Å²) in [7, 11) is 1.44. The summed E-state index contributed by atoms with van der Waals surface area (Å²) < 4.78 is 4.79. The normalized spacial score (nSPS) is 19.7. The standard InChI is InChI=1S/C12H23NO2/c1-12(2,11(14)15-3)13-10-8-6-4-5-7-9-10/h10,13H,4-9H2,1-3H3. The van der Waals surface area contributed by atoms with Crippen molar-refractivity contribution >= 4 is 5.97 Å². The Morgan fingerprint density at radius 3 is 2.20 bits per heavy atom. The van der Waals surface area contributed by atoms with Crippen LogP contribution in [0.2, 0.25) is 0 Å². The lowest BCUT2D eigenvalue weighted by molar-refractivity contribution is -0.147. The highest BCUT2D eigenvalue weighted by Gasteiger charge is 2.31. The zero-order valence-electron chi connectivity index (χ0n) is 10.1. The third-order valence-electron chi connectivity index (χ3n) is 3.12. The summed E-state index contributed by atoms with van der Waals surface area (Å²) in [6.45, 7) is 3.79. The van der Waals surface area contributed by atoms with Crippen LogP contribution in [0, 0.1) is 0 Å². The molecular formula is C12H23NO2. The van der Waals surface area contributed by atoms with Crippen LogP contribution in [0.15, 0.2) is 0 Å². The molecule has 0 aromatic rings. The minimum Gasteiger partial charge on any atom is -0.468 e. The van der Waals surface area contributed by atoms with Gasteiger partial charge in [0, 0.05) is 6.04 Å². The molecule has 0 bridgehead atoms. The molecule has 1 fully saturated rings. The second kappa shape index (κ2) is 5.50. The molecule has 0 radical (unpaired) electrons. The molecular weight excluding hydrogens is 190 g/mol. The molecule has 1 N–H and O–H groups in total. The Bertz CT molecular complexity index is 206. The van der Waals surface area contributed by atoms with Crippen molar-refractivity contribution in [1.29, 1.82) is 0 Å². The van der Waals surface area contributed by atoms with Gasteiger partial charge in [-0.1, -0.05) is 25.7 Å². The summed E-state index contributed by atoms with van der Waals surface area (Å²) in [4.78, 5) is 11.5. The largest absolute Gasteiger partial charge is 0.468 e. The Kier molecular flexibility index (Phi) is 4.58. The van der Waals surface area contributed by atoms with Crippen molar-refractivity contribution in [3.8, 4) is 0 Å². The lowest BCUT2D eigenvalue weighted by Crippen LogP contribution is -2.52. The molecule has 3 nitrogen and oxygen atoms in total. The van der Waals surface area contributed by atoms with Crippen molar-refractivity contribution in [2.45, 2.75) is 64.0 Å². The molecule has 1 aliphatic rings. The van der Waals surface area contributed by atoms with Gasteiger partial charge in [-0.2, -0.15) is 0 Å². The lowest BCUT2D eigenvalue weighted by atomic mass is 10.0. The van der Waals surface area contributed by atoms with Crippen LogP contribution in [-0.2, 0) is 9.53 Å². The van der Waals surface area contributed by atoms with E-state index in [9.17, 15) is 4.79 Å². The minimum atomic E-state index is -0.552. The molecule has 0 atom stereocenters. The van der Waals surface area contributed by atoms with Crippen LogP contribution in [-0.4, -0.2) is 24.7 Å². The highest BCUT2D eigenvalue weighted by molar-refractivity contribution is 5.79. The summed E-state index contributed by atoms with van der Waals surface area (Å²) in [5.74, 6) is -0.174. The molecule has 0 aliphatic heterocycles. The molecule has 1 aliphatic carbocycles. The zero-order valence-corrected chi connectivity index (χ0v) is 10.1. The number of rotatable bonds is 3. The number of hydrogen-bond acceptors (Lipinski definition) is 3. The number of carbonyl (C=O) groups is 1. The SMILES string of the molecule is COC(=O)C(C)(C)NC1CCCCCC1. The zero-order chi connectivity index (χ0) is 11.3. The maximum Gasteiger partial charge on any atom is 0.325 e. The molecule has 0 amide bonds. The van der Waals surface area contributed by atoms with Crippen LogP contribution in [0.25, 0.3) is 0 Å². The first-order valence-electron chi connectivity index (χ1n) is 5.92. The summed E-state index contributed by atoms with van der Waals surface area (Å²) >= 11 is 0. The molecule has 0 aromatic heterocycles. The van der Waals surface area contributed by atoms with E-state index in [1.54, 1.807) is 0 Å². The van der Waals surface area contributed by atoms with Gasteiger partial charge in [0.2, 0.25) is 0 Å². The van der Waals surface area contributed by atoms with Gasteiger partial charge in [-0.05, 0) is 26.7 Å². The van der Waals surface area contributed by atoms with Gasteiger partial charge in [0.1, 0.15) is 5.54 Å². The molecule has 1 rings (SSSR count). The van der Waals surface area contributed by atoms with Gasteiger partial charge in [-0.3, -0.25) is 10.1 Å². The van der Waals surface area contributed by atoms with E-state index >= 15 is 0 Å². The highest BCUT2D eigenvalue weighted by Crippen LogP contribution is 2.19. The minimum absolute atomic E-state index is 0.174. The number of methoxy groups -OCH3 is 1. The van der Waals surface area contributed by atoms with E-state index in [4.69, 9.17) is 4.74 Å². The van der Waals surface area contributed by atoms with Crippen LogP contribution in [0.3, 0.4) is 0 Å². The molecule has 0 heterocycles. The first kappa shape index (κ1) is 12.5. The average Bonchev–Trinajstić information content (AvgIpc) is 2.44. The first-order valence-corrected chi connectivity index (χ1v) is 5.92. The van der Waals surface area contributed by atoms with Crippen molar-refractivity contribution in [2.75, 3.05) is 7.11 Å². The molecule has 88 valence electrons. The molecule has 0 aromatic carbocycles. The van der Waals surface area contributed by atoms with E-state index in [-0.39, 0.29) is 5.97 Å². The molecule has 0 spiro atoms. The number of hydrogen-bond donors (Lipinski definition) is 1. The number of carbonyl (C=O) groups excluding carboxylic acids is 1. The van der Waals surface area contributed by atoms with Crippen LogP contribution >= 0.6 is 0 Å². The molecule has 15 heavy (non-hydrogen) atoms. The summed E-state index contributed by atoms with van der Waals surface area (Å²) in [6.07, 6.45) is 7.57. The number of nitrogens with one attached hydrogen (secondary N) is 1. The summed E-state index contributed by atoms with van der Waals surface area (Å²) in [5.41, 5.74) is -0.552. The Morgan fingerprint density at radius 2 is 1.73 bits per heavy atom. The lowest BCUT2D eigenvalue weighted by Gasteiger charge is -2.28. The second-order valence-corrected chi connectivity index (χ2v) is 4.95. The van der Waals surface area contributed by atoms with Crippen molar-refractivity contribution in [3.63, 3.8) is 0 Å². The van der Waals surface area contributed by atoms with Crippen LogP contribution in [0.5, 0.6) is 0 Å². The summed E-state index contributed by atoms with van der Waals surface area (Å²) in [5, 5.41) is 3.41. The van der Waals surface area contributed by atoms with Gasteiger partial charge in [0.15, 0.2) is 0 Å². The topological polar surface area (TPSA) is 38.3 Å². The van der Waals surface area contributed by atoms with Crippen LogP contribution in [0.4, 0.5) is 0 Å². The van der Waals surface area contributed by atoms with Gasteiger partial charge in [-0.25, -0.2) is 0 Å². The third kappa shape index (κ3) is 3.82. The van der Waals surface area contributed by atoms with Gasteiger partial charge in [-0.15, -0.1) is 0 Å². The molecule has 1 saturated carbocycles. The van der Waals surface area contributed by atoms with Gasteiger partial charge >= 0.3 is 5.97 Å². The van der Waals surface area contributed by atoms with E-state index < -0.39 is 5.54 Å². The van der Waals surface area contributed by atoms with E-state index in [1.165, 1.54) is 45.6 Å². The maximum absolute atomic E-state index is 11.5. The third-order valence-corrected chi connectivity index (χ3v) is 3.12. The van der Waals surface area contributed by atoms with E-state index in [2.05, 4.69) is 5.32 Å². The van der Waals surface area contributed by atoms with Gasteiger partial charge in [0.05, 0.1) is 7.11 Å². The Balaban J connectivity index is 2.47. The predicted octanol–water partition coefficient (Wildman–Crippen LogP) is 2.25. The van der Waals surface area contributed by atoms with E-state index in [1.807, 2.05) is 13.8 Å². The smallest absolute Gasteiger partial charge is 0.325 e. The van der Waals surface area contributed by atoms with Crippen molar-refractivity contribution in [3.05, 3.63) is 0 Å². The van der Waals surface area contributed by atoms with Crippen molar-refractivity contribution in [1.82, 2.24) is 5.32 Å². The van der Waals surface area contributed by atoms with Crippen LogP contribution < -0.4 is 5.32 Å². The molecule has 0 unspecified atom stereocenters. The van der Waals surface area contributed by atoms with Crippen molar-refractivity contribution < 1.29 is 9.53 Å². The molecule has 0 saturated heterocycles. The van der Waals surface area contributed by atoms with Gasteiger partial charge in [0.25, 0.3) is 0 Å². The highest BCUT2D eigenvalue weighted by atomic mass is 16.5. The van der Waals surface area contributed by atoms with E-state index in [0.29, 0.717) is 6.04 Å². The fourth-order valence-corrected chi connectivity index (χ4v) is 2.25. The first-order chi connectivity index (χ1) is 7.06. The summed E-state index contributed by atoms with van der Waals surface area (Å²) in [6, 6.07) is 0.474. The number of ether oxygens (including phenoxy) is 1. The second-order valence-electron chi connectivity index (χ2n) is 4.95. The van der Waals surface area contributed by atoms with Gasteiger partial charge < -0.3 is 4.74 Å². The maximum atomic E-state index is 11.5. The fraction of sp³-hybridized carbons (Fsp3) is 0.917. The van der Waals surface area contributed by atoms with E-state index in [0.717, 1.165) is 0 Å². The average molecular weight is 213 g/mol. The molecule has 3 heteroatoms. The fourth-order valence-electron chi connectivity index (χ4n) is 2.25. The van der Waals surface area contributed by atoms with Crippen molar-refractivity contribution in [2.24, 2.45) is 0 Å². The Hall–Kier alpha value is -0.570. The Morgan fingerprint density at radius 1 is 1.20 bits per heavy atom. The monoisotopic (exact) mass is 213 g/mol.